The smallest absolute Gasteiger partial charge is 0.416 e. The molecule has 0 fully saturated rings. The van der Waals surface area contributed by atoms with Gasteiger partial charge >= 0.3 is 12.1 Å². The van der Waals surface area contributed by atoms with Crippen molar-refractivity contribution in [3.63, 3.8) is 0 Å². The third-order valence-electron chi connectivity index (χ3n) is 2.04. The van der Waals surface area contributed by atoms with Crippen molar-refractivity contribution in [1.82, 2.24) is 0 Å². The molecule has 0 N–H and O–H groups in total. The highest BCUT2D eigenvalue weighted by Crippen LogP contribution is 2.32. The van der Waals surface area contributed by atoms with Gasteiger partial charge < -0.3 is 4.74 Å². The quantitative estimate of drug-likeness (QED) is 0.732. The number of benzene rings is 1. The second kappa shape index (κ2) is 4.55. The fraction of sp³-hybridized carbons (Fsp3) is 0.364. The molecule has 0 saturated carbocycles. The van der Waals surface area contributed by atoms with Crippen molar-refractivity contribution in [1.29, 1.82) is 0 Å². The van der Waals surface area contributed by atoms with Gasteiger partial charge in [0.05, 0.1) is 17.7 Å². The van der Waals surface area contributed by atoms with Crippen LogP contribution in [0.4, 0.5) is 13.2 Å². The second-order valence-corrected chi connectivity index (χ2v) is 3.25. The van der Waals surface area contributed by atoms with E-state index in [0.29, 0.717) is 0 Å². The Kier molecular flexibility index (Phi) is 3.57. The van der Waals surface area contributed by atoms with Gasteiger partial charge in [-0.2, -0.15) is 13.2 Å². The summed E-state index contributed by atoms with van der Waals surface area (Å²) in [5.41, 5.74) is -0.592. The van der Waals surface area contributed by atoms with Crippen LogP contribution in [0.25, 0.3) is 0 Å². The molecule has 0 bridgehead atoms. The molecule has 0 radical (unpaired) electrons. The van der Waals surface area contributed by atoms with Crippen molar-refractivity contribution < 1.29 is 22.7 Å². The van der Waals surface area contributed by atoms with Gasteiger partial charge in [0, 0.05) is 0 Å². The van der Waals surface area contributed by atoms with Crippen molar-refractivity contribution >= 4 is 5.97 Å². The number of hydrogen-bond acceptors (Lipinski definition) is 2. The molecule has 0 atom stereocenters. The van der Waals surface area contributed by atoms with Crippen LogP contribution in [0.2, 0.25) is 0 Å². The first-order valence-corrected chi connectivity index (χ1v) is 4.71. The van der Waals surface area contributed by atoms with Gasteiger partial charge in [-0.15, -0.1) is 0 Å². The highest BCUT2D eigenvalue weighted by Gasteiger charge is 2.32. The average molecular weight is 232 g/mol. The maximum Gasteiger partial charge on any atom is 0.416 e. The topological polar surface area (TPSA) is 26.3 Å². The maximum absolute atomic E-state index is 12.4. The van der Waals surface area contributed by atoms with E-state index in [1.165, 1.54) is 13.0 Å². The lowest BCUT2D eigenvalue weighted by Crippen LogP contribution is -2.10. The largest absolute Gasteiger partial charge is 0.462 e. The molecule has 0 spiro atoms. The maximum atomic E-state index is 12.4. The number of halogens is 3. The zero-order chi connectivity index (χ0) is 12.3. The highest BCUT2D eigenvalue weighted by molar-refractivity contribution is 5.89. The molecule has 0 aliphatic carbocycles. The first-order chi connectivity index (χ1) is 7.36. The molecule has 1 aromatic rings. The average Bonchev–Trinajstić information content (AvgIpc) is 2.16. The Hall–Kier alpha value is -1.52. The lowest BCUT2D eigenvalue weighted by molar-refractivity contribution is -0.138. The molecule has 0 aliphatic heterocycles. The number of esters is 1. The van der Waals surface area contributed by atoms with Crippen molar-refractivity contribution in [3.8, 4) is 0 Å². The first kappa shape index (κ1) is 12.5. The molecule has 0 saturated heterocycles. The van der Waals surface area contributed by atoms with Crippen molar-refractivity contribution in [3.05, 3.63) is 34.9 Å². The SMILES string of the molecule is CCOC(=O)c1ccc(C(F)(F)F)c(C)c1. The molecule has 2 nitrogen and oxygen atoms in total. The van der Waals surface area contributed by atoms with Gasteiger partial charge in [-0.3, -0.25) is 0 Å². The summed E-state index contributed by atoms with van der Waals surface area (Å²) >= 11 is 0. The minimum atomic E-state index is -4.39. The summed E-state index contributed by atoms with van der Waals surface area (Å²) in [6.07, 6.45) is -4.39. The monoisotopic (exact) mass is 232 g/mol. The predicted molar refractivity (Wildman–Crippen MR) is 52.1 cm³/mol. The Bertz CT molecular complexity index is 397. The standard InChI is InChI=1S/C11H11F3O2/c1-3-16-10(15)8-4-5-9(7(2)6-8)11(12,13)14/h4-6H,3H2,1-2H3. The summed E-state index contributed by atoms with van der Waals surface area (Å²) < 4.78 is 41.9. The molecule has 1 rings (SSSR count). The summed E-state index contributed by atoms with van der Waals surface area (Å²) in [4.78, 5) is 11.3. The molecule has 0 unspecified atom stereocenters. The molecule has 0 amide bonds. The van der Waals surface area contributed by atoms with Crippen LogP contribution in [0.5, 0.6) is 0 Å². The van der Waals surface area contributed by atoms with Crippen LogP contribution in [-0.4, -0.2) is 12.6 Å². The zero-order valence-corrected chi connectivity index (χ0v) is 8.89. The van der Waals surface area contributed by atoms with Crippen LogP contribution in [0.15, 0.2) is 18.2 Å². The van der Waals surface area contributed by atoms with E-state index in [-0.39, 0.29) is 17.7 Å². The van der Waals surface area contributed by atoms with Gasteiger partial charge in [0.15, 0.2) is 0 Å². The number of hydrogen-bond donors (Lipinski definition) is 0. The van der Waals surface area contributed by atoms with Gasteiger partial charge in [0.1, 0.15) is 0 Å². The minimum Gasteiger partial charge on any atom is -0.462 e. The third-order valence-corrected chi connectivity index (χ3v) is 2.04. The fourth-order valence-corrected chi connectivity index (χ4v) is 1.32. The van der Waals surface area contributed by atoms with Crippen LogP contribution < -0.4 is 0 Å². The van der Waals surface area contributed by atoms with Gasteiger partial charge in [0.25, 0.3) is 0 Å². The van der Waals surface area contributed by atoms with Crippen LogP contribution >= 0.6 is 0 Å². The van der Waals surface area contributed by atoms with E-state index in [0.717, 1.165) is 12.1 Å². The normalized spacial score (nSPS) is 11.3. The number of rotatable bonds is 2. The van der Waals surface area contributed by atoms with Gasteiger partial charge in [0.2, 0.25) is 0 Å². The summed E-state index contributed by atoms with van der Waals surface area (Å²) in [6, 6.07) is 3.19. The Morgan fingerprint density at radius 2 is 2.00 bits per heavy atom. The lowest BCUT2D eigenvalue weighted by Gasteiger charge is -2.11. The summed E-state index contributed by atoms with van der Waals surface area (Å²) in [7, 11) is 0. The van der Waals surface area contributed by atoms with E-state index < -0.39 is 17.7 Å². The lowest BCUT2D eigenvalue weighted by atomic mass is 10.0. The molecule has 5 heteroatoms. The molecular formula is C11H11F3O2. The van der Waals surface area contributed by atoms with Crippen LogP contribution in [0, 0.1) is 6.92 Å². The van der Waals surface area contributed by atoms with Crippen LogP contribution in [0.3, 0.4) is 0 Å². The number of carbonyl (C=O) groups excluding carboxylic acids is 1. The molecular weight excluding hydrogens is 221 g/mol. The van der Waals surface area contributed by atoms with E-state index in [1.54, 1.807) is 6.92 Å². The van der Waals surface area contributed by atoms with E-state index in [1.807, 2.05) is 0 Å². The summed E-state index contributed by atoms with van der Waals surface area (Å²) in [5.74, 6) is -0.612. The Balaban J connectivity index is 3.05. The zero-order valence-electron chi connectivity index (χ0n) is 8.89. The van der Waals surface area contributed by atoms with Crippen molar-refractivity contribution in [2.24, 2.45) is 0 Å². The van der Waals surface area contributed by atoms with E-state index in [2.05, 4.69) is 4.74 Å². The molecule has 0 heterocycles. The summed E-state index contributed by atoms with van der Waals surface area (Å²) in [5, 5.41) is 0. The minimum absolute atomic E-state index is 0.0121. The van der Waals surface area contributed by atoms with Crippen molar-refractivity contribution in [2.75, 3.05) is 6.61 Å². The molecule has 88 valence electrons. The first-order valence-electron chi connectivity index (χ1n) is 4.71. The van der Waals surface area contributed by atoms with E-state index in [9.17, 15) is 18.0 Å². The number of aryl methyl sites for hydroxylation is 1. The van der Waals surface area contributed by atoms with Crippen molar-refractivity contribution in [2.45, 2.75) is 20.0 Å². The molecule has 0 aromatic heterocycles. The Labute approximate surface area is 91.0 Å². The third kappa shape index (κ3) is 2.74. The van der Waals surface area contributed by atoms with Gasteiger partial charge in [-0.25, -0.2) is 4.79 Å². The second-order valence-electron chi connectivity index (χ2n) is 3.25. The Morgan fingerprint density at radius 3 is 2.44 bits per heavy atom. The van der Waals surface area contributed by atoms with Crippen LogP contribution in [-0.2, 0) is 10.9 Å². The highest BCUT2D eigenvalue weighted by atomic mass is 19.4. The molecule has 1 aromatic carbocycles. The molecule has 0 aliphatic rings. The number of ether oxygens (including phenoxy) is 1. The number of alkyl halides is 3. The number of carbonyl (C=O) groups is 1. The fourth-order valence-electron chi connectivity index (χ4n) is 1.32. The van der Waals surface area contributed by atoms with E-state index in [4.69, 9.17) is 0 Å². The van der Waals surface area contributed by atoms with Crippen LogP contribution in [0.1, 0.15) is 28.4 Å². The Morgan fingerprint density at radius 1 is 1.38 bits per heavy atom. The summed E-state index contributed by atoms with van der Waals surface area (Å²) in [6.45, 7) is 3.14. The predicted octanol–water partition coefficient (Wildman–Crippen LogP) is 3.19. The molecule has 16 heavy (non-hydrogen) atoms. The van der Waals surface area contributed by atoms with Gasteiger partial charge in [-0.05, 0) is 37.6 Å². The van der Waals surface area contributed by atoms with E-state index >= 15 is 0 Å². The van der Waals surface area contributed by atoms with Gasteiger partial charge in [-0.1, -0.05) is 0 Å².